The first-order chi connectivity index (χ1) is 13.8. The number of hydrogen-bond donors (Lipinski definition) is 1. The number of aryl methyl sites for hydroxylation is 1. The molecule has 9 heteroatoms. The first-order valence-corrected chi connectivity index (χ1v) is 9.49. The summed E-state index contributed by atoms with van der Waals surface area (Å²) < 4.78 is 10.1. The Bertz CT molecular complexity index is 871. The lowest BCUT2D eigenvalue weighted by Crippen LogP contribution is -2.37. The SMILES string of the molecule is COc1cc(Cl)c(C)cc1NC(=O)COC(=O)CN1C(=O)C2CC=CCC2C1=O. The van der Waals surface area contributed by atoms with Gasteiger partial charge < -0.3 is 14.8 Å². The van der Waals surface area contributed by atoms with Crippen LogP contribution in [-0.4, -0.2) is 48.9 Å². The van der Waals surface area contributed by atoms with Crippen molar-refractivity contribution in [1.82, 2.24) is 4.90 Å². The number of rotatable bonds is 6. The number of allylic oxidation sites excluding steroid dienone is 2. The van der Waals surface area contributed by atoms with Gasteiger partial charge in [-0.15, -0.1) is 0 Å². The summed E-state index contributed by atoms with van der Waals surface area (Å²) in [5.41, 5.74) is 1.12. The molecule has 1 aromatic carbocycles. The Hall–Kier alpha value is -2.87. The molecule has 0 aromatic heterocycles. The molecule has 2 atom stereocenters. The minimum atomic E-state index is -0.826. The van der Waals surface area contributed by atoms with Crippen LogP contribution < -0.4 is 10.1 Å². The molecule has 1 saturated heterocycles. The van der Waals surface area contributed by atoms with Crippen LogP contribution in [0.4, 0.5) is 5.69 Å². The van der Waals surface area contributed by atoms with Crippen LogP contribution in [0.1, 0.15) is 18.4 Å². The number of nitrogens with zero attached hydrogens (tertiary/aromatic N) is 1. The van der Waals surface area contributed by atoms with E-state index in [0.29, 0.717) is 29.3 Å². The number of methoxy groups -OCH3 is 1. The van der Waals surface area contributed by atoms with Gasteiger partial charge in [0.1, 0.15) is 12.3 Å². The number of hydrogen-bond acceptors (Lipinski definition) is 6. The molecule has 1 aliphatic heterocycles. The Balaban J connectivity index is 1.53. The first kappa shape index (κ1) is 20.9. The predicted molar refractivity (Wildman–Crippen MR) is 104 cm³/mol. The molecule has 1 N–H and O–H groups in total. The maximum atomic E-state index is 12.4. The van der Waals surface area contributed by atoms with E-state index in [4.69, 9.17) is 21.1 Å². The number of amides is 3. The fraction of sp³-hybridized carbons (Fsp3) is 0.400. The lowest BCUT2D eigenvalue weighted by atomic mass is 9.85. The third-order valence-corrected chi connectivity index (χ3v) is 5.41. The standard InChI is InChI=1S/C20H21ClN2O6/c1-11-7-15(16(28-2)8-14(11)21)22-17(24)10-29-18(25)9-23-19(26)12-5-3-4-6-13(12)20(23)27/h3-4,7-8,12-13H,5-6,9-10H2,1-2H3,(H,22,24). The van der Waals surface area contributed by atoms with Crippen LogP contribution in [0.3, 0.4) is 0 Å². The van der Waals surface area contributed by atoms with Crippen LogP contribution in [-0.2, 0) is 23.9 Å². The van der Waals surface area contributed by atoms with Gasteiger partial charge in [0.25, 0.3) is 5.91 Å². The second-order valence-corrected chi connectivity index (χ2v) is 7.34. The molecule has 2 aliphatic rings. The summed E-state index contributed by atoms with van der Waals surface area (Å²) in [7, 11) is 1.44. The van der Waals surface area contributed by atoms with E-state index in [1.54, 1.807) is 19.1 Å². The van der Waals surface area contributed by atoms with Crippen LogP contribution in [0.15, 0.2) is 24.3 Å². The zero-order valence-corrected chi connectivity index (χ0v) is 16.8. The molecular formula is C20H21ClN2O6. The van der Waals surface area contributed by atoms with Gasteiger partial charge in [0.05, 0.1) is 24.6 Å². The van der Waals surface area contributed by atoms with Crippen molar-refractivity contribution in [1.29, 1.82) is 0 Å². The Labute approximate surface area is 172 Å². The number of halogens is 1. The largest absolute Gasteiger partial charge is 0.495 e. The van der Waals surface area contributed by atoms with Gasteiger partial charge in [0, 0.05) is 11.1 Å². The molecule has 3 amide bonds. The predicted octanol–water partition coefficient (Wildman–Crippen LogP) is 2.09. The van der Waals surface area contributed by atoms with Crippen LogP contribution in [0.25, 0.3) is 0 Å². The molecule has 3 rings (SSSR count). The molecule has 1 aromatic rings. The molecule has 0 bridgehead atoms. The fourth-order valence-electron chi connectivity index (χ4n) is 3.46. The van der Waals surface area contributed by atoms with Crippen molar-refractivity contribution in [3.63, 3.8) is 0 Å². The van der Waals surface area contributed by atoms with Crippen LogP contribution in [0.5, 0.6) is 5.75 Å². The molecule has 154 valence electrons. The molecule has 29 heavy (non-hydrogen) atoms. The van der Waals surface area contributed by atoms with Crippen molar-refractivity contribution in [3.8, 4) is 5.75 Å². The summed E-state index contributed by atoms with van der Waals surface area (Å²) in [6.07, 6.45) is 4.72. The smallest absolute Gasteiger partial charge is 0.326 e. The van der Waals surface area contributed by atoms with E-state index in [2.05, 4.69) is 5.32 Å². The van der Waals surface area contributed by atoms with Gasteiger partial charge in [-0.1, -0.05) is 23.8 Å². The molecule has 1 heterocycles. The lowest BCUT2D eigenvalue weighted by molar-refractivity contribution is -0.154. The van der Waals surface area contributed by atoms with E-state index in [1.807, 2.05) is 12.2 Å². The second-order valence-electron chi connectivity index (χ2n) is 6.93. The topological polar surface area (TPSA) is 102 Å². The van der Waals surface area contributed by atoms with Crippen LogP contribution in [0.2, 0.25) is 5.02 Å². The lowest BCUT2D eigenvalue weighted by Gasteiger charge is -2.14. The van der Waals surface area contributed by atoms with Gasteiger partial charge in [-0.3, -0.25) is 24.1 Å². The quantitative estimate of drug-likeness (QED) is 0.429. The summed E-state index contributed by atoms with van der Waals surface area (Å²) in [6.45, 7) is 0.713. The molecule has 0 saturated carbocycles. The summed E-state index contributed by atoms with van der Waals surface area (Å²) in [4.78, 5) is 49.8. The number of carbonyl (C=O) groups excluding carboxylic acids is 4. The first-order valence-electron chi connectivity index (χ1n) is 9.11. The zero-order valence-electron chi connectivity index (χ0n) is 16.1. The number of carbonyl (C=O) groups is 4. The molecule has 1 aliphatic carbocycles. The minimum Gasteiger partial charge on any atom is -0.495 e. The Morgan fingerprint density at radius 1 is 1.17 bits per heavy atom. The van der Waals surface area contributed by atoms with Gasteiger partial charge in [0.15, 0.2) is 6.61 Å². The molecule has 0 radical (unpaired) electrons. The van der Waals surface area contributed by atoms with E-state index in [-0.39, 0.29) is 11.8 Å². The van der Waals surface area contributed by atoms with E-state index >= 15 is 0 Å². The normalized spacial score (nSPS) is 20.4. The van der Waals surface area contributed by atoms with Gasteiger partial charge in [-0.25, -0.2) is 0 Å². The molecule has 0 spiro atoms. The summed E-state index contributed by atoms with van der Waals surface area (Å²) in [5.74, 6) is -2.61. The van der Waals surface area contributed by atoms with E-state index in [1.165, 1.54) is 7.11 Å². The monoisotopic (exact) mass is 420 g/mol. The number of fused-ring (bicyclic) bond motifs is 1. The van der Waals surface area contributed by atoms with Gasteiger partial charge in [-0.05, 0) is 31.4 Å². The molecular weight excluding hydrogens is 400 g/mol. The highest BCUT2D eigenvalue weighted by atomic mass is 35.5. The van der Waals surface area contributed by atoms with Crippen molar-refractivity contribution in [2.45, 2.75) is 19.8 Å². The third kappa shape index (κ3) is 4.42. The number of ether oxygens (including phenoxy) is 2. The zero-order chi connectivity index (χ0) is 21.1. The highest BCUT2D eigenvalue weighted by Crippen LogP contribution is 2.35. The van der Waals surface area contributed by atoms with Crippen molar-refractivity contribution < 1.29 is 28.7 Å². The van der Waals surface area contributed by atoms with Gasteiger partial charge >= 0.3 is 5.97 Å². The maximum Gasteiger partial charge on any atom is 0.326 e. The number of esters is 1. The summed E-state index contributed by atoms with van der Waals surface area (Å²) in [5, 5.41) is 3.07. The average Bonchev–Trinajstić information content (AvgIpc) is 2.94. The van der Waals surface area contributed by atoms with Crippen LogP contribution >= 0.6 is 11.6 Å². The number of nitrogens with one attached hydrogen (secondary N) is 1. The van der Waals surface area contributed by atoms with Crippen molar-refractivity contribution in [2.24, 2.45) is 11.8 Å². The van der Waals surface area contributed by atoms with Crippen molar-refractivity contribution >= 4 is 41.0 Å². The fourth-order valence-corrected chi connectivity index (χ4v) is 3.62. The number of benzene rings is 1. The highest BCUT2D eigenvalue weighted by Gasteiger charge is 2.47. The summed E-state index contributed by atoms with van der Waals surface area (Å²) >= 11 is 6.03. The minimum absolute atomic E-state index is 0.366. The van der Waals surface area contributed by atoms with Crippen molar-refractivity contribution in [3.05, 3.63) is 34.9 Å². The molecule has 2 unspecified atom stereocenters. The highest BCUT2D eigenvalue weighted by molar-refractivity contribution is 6.31. The molecule has 8 nitrogen and oxygen atoms in total. The number of imide groups is 1. The van der Waals surface area contributed by atoms with Gasteiger partial charge in [0.2, 0.25) is 11.8 Å². The Morgan fingerprint density at radius 2 is 1.79 bits per heavy atom. The third-order valence-electron chi connectivity index (χ3n) is 5.01. The Kier molecular flexibility index (Phi) is 6.22. The van der Waals surface area contributed by atoms with E-state index in [0.717, 1.165) is 10.5 Å². The number of likely N-dealkylation sites (tertiary alicyclic amines) is 1. The second kappa shape index (κ2) is 8.65. The van der Waals surface area contributed by atoms with E-state index < -0.39 is 36.9 Å². The van der Waals surface area contributed by atoms with Crippen molar-refractivity contribution in [2.75, 3.05) is 25.6 Å². The maximum absolute atomic E-state index is 12.4. The van der Waals surface area contributed by atoms with Gasteiger partial charge in [-0.2, -0.15) is 0 Å². The number of anilines is 1. The Morgan fingerprint density at radius 3 is 2.38 bits per heavy atom. The average molecular weight is 421 g/mol. The van der Waals surface area contributed by atoms with Crippen LogP contribution in [0, 0.1) is 18.8 Å². The summed E-state index contributed by atoms with van der Waals surface area (Å²) in [6, 6.07) is 3.20. The molecule has 1 fully saturated rings. The van der Waals surface area contributed by atoms with E-state index in [9.17, 15) is 19.2 Å².